The van der Waals surface area contributed by atoms with Crippen molar-refractivity contribution >= 4 is 63.7 Å². The quantitative estimate of drug-likeness (QED) is 0.0580. The molecule has 13 heteroatoms. The van der Waals surface area contributed by atoms with Crippen LogP contribution in [0.2, 0.25) is 0 Å². The summed E-state index contributed by atoms with van der Waals surface area (Å²) >= 11 is 2.56. The summed E-state index contributed by atoms with van der Waals surface area (Å²) in [5.74, 6) is -0.673. The fraction of sp³-hybridized carbons (Fsp3) is 0.154. The molecule has 5 aromatic rings. The summed E-state index contributed by atoms with van der Waals surface area (Å²) in [4.78, 5) is 57.4. The molecule has 0 bridgehead atoms. The number of nitrogens with zero attached hydrogens (tertiary/aromatic N) is 1. The predicted octanol–water partition coefficient (Wildman–Crippen LogP) is 7.15. The maximum atomic E-state index is 13.7. The Morgan fingerprint density at radius 3 is 2.25 bits per heavy atom. The highest BCUT2D eigenvalue weighted by Gasteiger charge is 2.24. The third-order valence-corrected chi connectivity index (χ3v) is 9.46. The van der Waals surface area contributed by atoms with Crippen LogP contribution in [-0.2, 0) is 25.5 Å². The van der Waals surface area contributed by atoms with Crippen LogP contribution in [0, 0.1) is 0 Å². The molecule has 0 radical (unpaired) electrons. The first-order valence-corrected chi connectivity index (χ1v) is 17.9. The summed E-state index contributed by atoms with van der Waals surface area (Å²) in [6, 6.07) is 30.1. The lowest BCUT2D eigenvalue weighted by atomic mass is 10.1. The molecule has 0 aliphatic carbocycles. The monoisotopic (exact) mass is 736 g/mol. The van der Waals surface area contributed by atoms with Crippen molar-refractivity contribution in [1.82, 2.24) is 10.3 Å². The lowest BCUT2D eigenvalue weighted by Crippen LogP contribution is -2.30. The SMILES string of the molecule is CCOC(=O)Cc1csc(NC(=O)C(Sc2ccc(NC(=O)/C(=C/c3ccc(OC)cc3OC)NC(=O)c3ccccc3)cc2)c2ccccc2)n1. The first-order valence-electron chi connectivity index (χ1n) is 16.1. The van der Waals surface area contributed by atoms with Gasteiger partial charge in [0.25, 0.3) is 11.8 Å². The smallest absolute Gasteiger partial charge is 0.311 e. The second-order valence-corrected chi connectivity index (χ2v) is 13.0. The summed E-state index contributed by atoms with van der Waals surface area (Å²) in [5, 5.41) is 9.92. The van der Waals surface area contributed by atoms with Crippen molar-refractivity contribution in [3.63, 3.8) is 0 Å². The third kappa shape index (κ3) is 10.3. The third-order valence-electron chi connectivity index (χ3n) is 7.39. The lowest BCUT2D eigenvalue weighted by Gasteiger charge is -2.17. The molecule has 266 valence electrons. The van der Waals surface area contributed by atoms with Gasteiger partial charge in [0.05, 0.1) is 32.9 Å². The van der Waals surface area contributed by atoms with Crippen molar-refractivity contribution in [1.29, 1.82) is 0 Å². The first-order chi connectivity index (χ1) is 25.3. The van der Waals surface area contributed by atoms with Crippen LogP contribution in [-0.4, -0.2) is 49.5 Å². The predicted molar refractivity (Wildman–Crippen MR) is 203 cm³/mol. The standard InChI is InChI=1S/C39H36N4O7S2/c1-4-50-34(44)22-29-24-51-39(41-29)43-38(47)35(25-11-7-5-8-12-25)52-31-19-16-28(17-20-31)40-37(46)32(42-36(45)26-13-9-6-10-14-26)21-27-15-18-30(48-2)23-33(27)49-3/h5-21,23-24,35H,4,22H2,1-3H3,(H,40,46)(H,42,45)(H,41,43,47)/b32-21-. The van der Waals surface area contributed by atoms with Crippen molar-refractivity contribution in [3.8, 4) is 11.5 Å². The minimum atomic E-state index is -0.638. The summed E-state index contributed by atoms with van der Waals surface area (Å²) in [5.41, 5.74) is 2.68. The fourth-order valence-electron chi connectivity index (χ4n) is 4.86. The Labute approximate surface area is 309 Å². The van der Waals surface area contributed by atoms with Gasteiger partial charge >= 0.3 is 5.97 Å². The number of ether oxygens (including phenoxy) is 3. The number of benzene rings is 4. The van der Waals surface area contributed by atoms with E-state index < -0.39 is 17.1 Å². The van der Waals surface area contributed by atoms with Gasteiger partial charge in [0.2, 0.25) is 5.91 Å². The van der Waals surface area contributed by atoms with E-state index in [0.29, 0.717) is 39.1 Å². The molecule has 1 unspecified atom stereocenters. The van der Waals surface area contributed by atoms with Gasteiger partial charge in [-0.25, -0.2) is 4.98 Å². The normalized spacial score (nSPS) is 11.6. The highest BCUT2D eigenvalue weighted by Crippen LogP contribution is 2.37. The molecular weight excluding hydrogens is 701 g/mol. The molecule has 0 saturated heterocycles. The van der Waals surface area contributed by atoms with Crippen molar-refractivity contribution in [3.05, 3.63) is 137 Å². The zero-order valence-electron chi connectivity index (χ0n) is 28.6. The molecule has 0 aliphatic heterocycles. The molecular formula is C39H36N4O7S2. The van der Waals surface area contributed by atoms with E-state index in [4.69, 9.17) is 14.2 Å². The number of hydrogen-bond donors (Lipinski definition) is 3. The number of hydrogen-bond acceptors (Lipinski definition) is 10. The van der Waals surface area contributed by atoms with E-state index in [-0.39, 0.29) is 30.6 Å². The molecule has 1 atom stereocenters. The zero-order chi connectivity index (χ0) is 36.9. The van der Waals surface area contributed by atoms with Gasteiger partial charge in [-0.2, -0.15) is 0 Å². The van der Waals surface area contributed by atoms with Gasteiger partial charge in [-0.1, -0.05) is 48.5 Å². The summed E-state index contributed by atoms with van der Waals surface area (Å²) < 4.78 is 15.8. The maximum absolute atomic E-state index is 13.7. The van der Waals surface area contributed by atoms with Crippen LogP contribution in [0.15, 0.2) is 119 Å². The van der Waals surface area contributed by atoms with Gasteiger partial charge in [0, 0.05) is 33.2 Å². The van der Waals surface area contributed by atoms with E-state index in [2.05, 4.69) is 20.9 Å². The molecule has 4 aromatic carbocycles. The van der Waals surface area contributed by atoms with Crippen LogP contribution in [0.25, 0.3) is 6.08 Å². The Bertz CT molecular complexity index is 2040. The van der Waals surface area contributed by atoms with Crippen molar-refractivity contribution < 1.29 is 33.4 Å². The number of esters is 1. The van der Waals surface area contributed by atoms with Gasteiger partial charge in [-0.3, -0.25) is 19.2 Å². The number of aromatic nitrogens is 1. The number of carbonyl (C=O) groups is 4. The van der Waals surface area contributed by atoms with Gasteiger partial charge in [-0.15, -0.1) is 23.1 Å². The molecule has 52 heavy (non-hydrogen) atoms. The molecule has 0 spiro atoms. The van der Waals surface area contributed by atoms with Crippen LogP contribution in [0.5, 0.6) is 11.5 Å². The van der Waals surface area contributed by atoms with E-state index >= 15 is 0 Å². The number of amides is 3. The highest BCUT2D eigenvalue weighted by atomic mass is 32.2. The highest BCUT2D eigenvalue weighted by molar-refractivity contribution is 8.00. The van der Waals surface area contributed by atoms with E-state index in [1.807, 2.05) is 30.3 Å². The summed E-state index contributed by atoms with van der Waals surface area (Å²) in [7, 11) is 3.04. The summed E-state index contributed by atoms with van der Waals surface area (Å²) in [6.45, 7) is 2.02. The van der Waals surface area contributed by atoms with E-state index in [1.54, 1.807) is 85.1 Å². The fourth-order valence-corrected chi connectivity index (χ4v) is 6.60. The molecule has 0 saturated carbocycles. The van der Waals surface area contributed by atoms with Gasteiger partial charge in [0.1, 0.15) is 22.4 Å². The van der Waals surface area contributed by atoms with Gasteiger partial charge in [-0.05, 0) is 67.1 Å². The second kappa shape index (κ2) is 18.4. The number of methoxy groups -OCH3 is 2. The number of carbonyl (C=O) groups excluding carboxylic acids is 4. The Hall–Kier alpha value is -5.92. The largest absolute Gasteiger partial charge is 0.497 e. The summed E-state index contributed by atoms with van der Waals surface area (Å²) in [6.07, 6.45) is 1.55. The van der Waals surface area contributed by atoms with E-state index in [1.165, 1.54) is 43.4 Å². The minimum absolute atomic E-state index is 0.0100. The molecule has 3 amide bonds. The number of thioether (sulfide) groups is 1. The van der Waals surface area contributed by atoms with Crippen molar-refractivity contribution in [2.45, 2.75) is 23.5 Å². The van der Waals surface area contributed by atoms with Crippen LogP contribution < -0.4 is 25.4 Å². The van der Waals surface area contributed by atoms with Gasteiger partial charge in [0.15, 0.2) is 5.13 Å². The van der Waals surface area contributed by atoms with Gasteiger partial charge < -0.3 is 30.2 Å². The molecule has 1 heterocycles. The maximum Gasteiger partial charge on any atom is 0.311 e. The van der Waals surface area contributed by atoms with Crippen LogP contribution in [0.1, 0.15) is 39.4 Å². The molecule has 0 aliphatic rings. The Morgan fingerprint density at radius 1 is 0.865 bits per heavy atom. The molecule has 1 aromatic heterocycles. The number of nitrogens with one attached hydrogen (secondary N) is 3. The van der Waals surface area contributed by atoms with Crippen molar-refractivity contribution in [2.24, 2.45) is 0 Å². The van der Waals surface area contributed by atoms with Crippen LogP contribution >= 0.6 is 23.1 Å². The molecule has 11 nitrogen and oxygen atoms in total. The van der Waals surface area contributed by atoms with Crippen LogP contribution in [0.4, 0.5) is 10.8 Å². The Kier molecular flexibility index (Phi) is 13.2. The number of anilines is 2. The van der Waals surface area contributed by atoms with E-state index in [0.717, 1.165) is 10.5 Å². The Morgan fingerprint density at radius 2 is 1.58 bits per heavy atom. The van der Waals surface area contributed by atoms with Crippen LogP contribution in [0.3, 0.4) is 0 Å². The minimum Gasteiger partial charge on any atom is -0.497 e. The lowest BCUT2D eigenvalue weighted by molar-refractivity contribution is -0.142. The number of rotatable bonds is 15. The first kappa shape index (κ1) is 37.3. The molecule has 5 rings (SSSR count). The average Bonchev–Trinajstić information content (AvgIpc) is 3.60. The topological polar surface area (TPSA) is 145 Å². The Balaban J connectivity index is 1.32. The van der Waals surface area contributed by atoms with Crippen molar-refractivity contribution in [2.75, 3.05) is 31.5 Å². The molecule has 0 fully saturated rings. The average molecular weight is 737 g/mol. The van der Waals surface area contributed by atoms with E-state index in [9.17, 15) is 19.2 Å². The molecule has 3 N–H and O–H groups in total. The second-order valence-electron chi connectivity index (χ2n) is 11.0. The number of thiazole rings is 1. The zero-order valence-corrected chi connectivity index (χ0v) is 30.2.